The molecule has 136 valence electrons. The molecule has 4 nitrogen and oxygen atoms in total. The molecule has 5 heteroatoms. The molecule has 0 radical (unpaired) electrons. The summed E-state index contributed by atoms with van der Waals surface area (Å²) in [5.74, 6) is -0.183. The first-order chi connectivity index (χ1) is 12.8. The molecule has 1 aliphatic rings. The van der Waals surface area contributed by atoms with Crippen molar-refractivity contribution >= 4 is 10.9 Å². The van der Waals surface area contributed by atoms with Crippen LogP contribution < -0.4 is 5.32 Å². The molecule has 0 aliphatic carbocycles. The van der Waals surface area contributed by atoms with Gasteiger partial charge in [-0.3, -0.25) is 4.90 Å². The molecular formula is C21H24FN3O. The number of halogens is 1. The van der Waals surface area contributed by atoms with Crippen molar-refractivity contribution in [2.45, 2.75) is 12.6 Å². The van der Waals surface area contributed by atoms with E-state index in [2.05, 4.69) is 39.5 Å². The summed E-state index contributed by atoms with van der Waals surface area (Å²) in [5, 5.41) is 4.82. The second-order valence-corrected chi connectivity index (χ2v) is 6.71. The smallest absolute Gasteiger partial charge is 0.123 e. The number of aromatic amines is 1. The van der Waals surface area contributed by atoms with Crippen LogP contribution in [0.3, 0.4) is 0 Å². The summed E-state index contributed by atoms with van der Waals surface area (Å²) in [6.07, 6.45) is 1.97. The third kappa shape index (κ3) is 3.80. The van der Waals surface area contributed by atoms with E-state index in [0.717, 1.165) is 50.5 Å². The van der Waals surface area contributed by atoms with Crippen LogP contribution in [-0.2, 0) is 11.3 Å². The van der Waals surface area contributed by atoms with Crippen molar-refractivity contribution in [2.24, 2.45) is 0 Å². The van der Waals surface area contributed by atoms with Gasteiger partial charge in [-0.2, -0.15) is 0 Å². The Morgan fingerprint density at radius 3 is 2.81 bits per heavy atom. The van der Waals surface area contributed by atoms with Crippen molar-refractivity contribution in [1.82, 2.24) is 15.2 Å². The zero-order chi connectivity index (χ0) is 17.8. The van der Waals surface area contributed by atoms with E-state index >= 15 is 0 Å². The normalized spacial score (nSPS) is 16.8. The summed E-state index contributed by atoms with van der Waals surface area (Å²) in [4.78, 5) is 5.63. The molecule has 1 saturated heterocycles. The SMILES string of the molecule is Fc1cccc(C(CNCc2cccc3[nH]ccc23)N2CCOCC2)c1. The quantitative estimate of drug-likeness (QED) is 0.713. The third-order valence-electron chi connectivity index (χ3n) is 5.06. The minimum atomic E-state index is -0.183. The molecular weight excluding hydrogens is 329 g/mol. The van der Waals surface area contributed by atoms with Crippen LogP contribution in [0.5, 0.6) is 0 Å². The van der Waals surface area contributed by atoms with Gasteiger partial charge in [-0.15, -0.1) is 0 Å². The number of morpholine rings is 1. The zero-order valence-electron chi connectivity index (χ0n) is 14.7. The van der Waals surface area contributed by atoms with E-state index in [4.69, 9.17) is 4.74 Å². The summed E-state index contributed by atoms with van der Waals surface area (Å²) in [7, 11) is 0. The lowest BCUT2D eigenvalue weighted by Crippen LogP contribution is -2.42. The van der Waals surface area contributed by atoms with Crippen LogP contribution in [0.2, 0.25) is 0 Å². The molecule has 0 saturated carbocycles. The lowest BCUT2D eigenvalue weighted by Gasteiger charge is -2.35. The Kier molecular flexibility index (Phi) is 5.29. The highest BCUT2D eigenvalue weighted by Crippen LogP contribution is 2.23. The molecule has 1 aromatic heterocycles. The minimum absolute atomic E-state index is 0.139. The third-order valence-corrected chi connectivity index (χ3v) is 5.06. The van der Waals surface area contributed by atoms with Crippen molar-refractivity contribution in [3.05, 3.63) is 71.7 Å². The fraction of sp³-hybridized carbons (Fsp3) is 0.333. The van der Waals surface area contributed by atoms with E-state index < -0.39 is 0 Å². The molecule has 1 atom stereocenters. The summed E-state index contributed by atoms with van der Waals surface area (Å²) in [5.41, 5.74) is 3.43. The molecule has 3 aromatic rings. The zero-order valence-corrected chi connectivity index (χ0v) is 14.7. The Morgan fingerprint density at radius 1 is 1.12 bits per heavy atom. The van der Waals surface area contributed by atoms with Gasteiger partial charge >= 0.3 is 0 Å². The van der Waals surface area contributed by atoms with Gasteiger partial charge < -0.3 is 15.0 Å². The highest BCUT2D eigenvalue weighted by Gasteiger charge is 2.22. The Hall–Kier alpha value is -2.21. The Bertz CT molecular complexity index is 857. The van der Waals surface area contributed by atoms with Crippen LogP contribution in [0.25, 0.3) is 10.9 Å². The van der Waals surface area contributed by atoms with Crippen molar-refractivity contribution < 1.29 is 9.13 Å². The topological polar surface area (TPSA) is 40.3 Å². The molecule has 1 fully saturated rings. The standard InChI is InChI=1S/C21H24FN3O/c22-18-5-1-3-16(13-18)21(25-9-11-26-12-10-25)15-23-14-17-4-2-6-20-19(17)7-8-24-20/h1-8,13,21,23-24H,9-12,14-15H2. The number of hydrogen-bond acceptors (Lipinski definition) is 3. The molecule has 2 heterocycles. The summed E-state index contributed by atoms with van der Waals surface area (Å²) >= 11 is 0. The molecule has 1 unspecified atom stereocenters. The fourth-order valence-electron chi connectivity index (χ4n) is 3.71. The number of nitrogens with one attached hydrogen (secondary N) is 2. The molecule has 0 bridgehead atoms. The molecule has 0 spiro atoms. The van der Waals surface area contributed by atoms with Gasteiger partial charge in [0.05, 0.1) is 13.2 Å². The van der Waals surface area contributed by atoms with E-state index in [1.165, 1.54) is 17.0 Å². The first-order valence-corrected chi connectivity index (χ1v) is 9.14. The number of hydrogen-bond donors (Lipinski definition) is 2. The predicted molar refractivity (Wildman–Crippen MR) is 102 cm³/mol. The van der Waals surface area contributed by atoms with Crippen molar-refractivity contribution in [1.29, 1.82) is 0 Å². The molecule has 2 aromatic carbocycles. The van der Waals surface area contributed by atoms with E-state index in [1.807, 2.05) is 12.3 Å². The van der Waals surface area contributed by atoms with Gasteiger partial charge in [-0.1, -0.05) is 24.3 Å². The maximum absolute atomic E-state index is 13.8. The number of ether oxygens (including phenoxy) is 1. The predicted octanol–water partition coefficient (Wildman–Crippen LogP) is 3.47. The average molecular weight is 353 g/mol. The maximum atomic E-state index is 13.8. The Morgan fingerprint density at radius 2 is 1.96 bits per heavy atom. The number of nitrogens with zero attached hydrogens (tertiary/aromatic N) is 1. The molecule has 1 aliphatic heterocycles. The van der Waals surface area contributed by atoms with Crippen molar-refractivity contribution in [2.75, 3.05) is 32.8 Å². The monoisotopic (exact) mass is 353 g/mol. The number of H-pyrrole nitrogens is 1. The summed E-state index contributed by atoms with van der Waals surface area (Å²) in [6, 6.07) is 15.5. The number of aromatic nitrogens is 1. The fourth-order valence-corrected chi connectivity index (χ4v) is 3.71. The van der Waals surface area contributed by atoms with Crippen molar-refractivity contribution in [3.63, 3.8) is 0 Å². The maximum Gasteiger partial charge on any atom is 0.123 e. The van der Waals surface area contributed by atoms with Crippen LogP contribution in [0.15, 0.2) is 54.7 Å². The van der Waals surface area contributed by atoms with Gasteiger partial charge in [0.25, 0.3) is 0 Å². The minimum Gasteiger partial charge on any atom is -0.379 e. The van der Waals surface area contributed by atoms with Gasteiger partial charge in [0.15, 0.2) is 0 Å². The van der Waals surface area contributed by atoms with Gasteiger partial charge in [0.1, 0.15) is 5.82 Å². The van der Waals surface area contributed by atoms with E-state index in [9.17, 15) is 4.39 Å². The summed E-state index contributed by atoms with van der Waals surface area (Å²) in [6.45, 7) is 4.76. The molecule has 2 N–H and O–H groups in total. The number of rotatable bonds is 6. The first-order valence-electron chi connectivity index (χ1n) is 9.14. The number of fused-ring (bicyclic) bond motifs is 1. The van der Waals surface area contributed by atoms with Crippen LogP contribution in [0.1, 0.15) is 17.2 Å². The Balaban J connectivity index is 1.48. The summed E-state index contributed by atoms with van der Waals surface area (Å²) < 4.78 is 19.2. The van der Waals surface area contributed by atoms with Crippen LogP contribution in [0.4, 0.5) is 4.39 Å². The van der Waals surface area contributed by atoms with Crippen LogP contribution >= 0.6 is 0 Å². The van der Waals surface area contributed by atoms with E-state index in [-0.39, 0.29) is 11.9 Å². The average Bonchev–Trinajstić information content (AvgIpc) is 3.15. The van der Waals surface area contributed by atoms with Crippen LogP contribution in [-0.4, -0.2) is 42.7 Å². The van der Waals surface area contributed by atoms with Crippen LogP contribution in [0, 0.1) is 5.82 Å². The van der Waals surface area contributed by atoms with E-state index in [1.54, 1.807) is 12.1 Å². The lowest BCUT2D eigenvalue weighted by molar-refractivity contribution is 0.0160. The number of benzene rings is 2. The second kappa shape index (κ2) is 7.99. The van der Waals surface area contributed by atoms with Crippen molar-refractivity contribution in [3.8, 4) is 0 Å². The molecule has 26 heavy (non-hydrogen) atoms. The van der Waals surface area contributed by atoms with Gasteiger partial charge in [-0.25, -0.2) is 4.39 Å². The Labute approximate surface area is 153 Å². The highest BCUT2D eigenvalue weighted by molar-refractivity contribution is 5.82. The highest BCUT2D eigenvalue weighted by atomic mass is 19.1. The second-order valence-electron chi connectivity index (χ2n) is 6.71. The first kappa shape index (κ1) is 17.2. The molecule has 4 rings (SSSR count). The largest absolute Gasteiger partial charge is 0.379 e. The van der Waals surface area contributed by atoms with Gasteiger partial charge in [0, 0.05) is 49.3 Å². The lowest BCUT2D eigenvalue weighted by atomic mass is 10.0. The van der Waals surface area contributed by atoms with Gasteiger partial charge in [0.2, 0.25) is 0 Å². The van der Waals surface area contributed by atoms with Gasteiger partial charge in [-0.05, 0) is 35.4 Å². The molecule has 0 amide bonds. The van der Waals surface area contributed by atoms with E-state index in [0.29, 0.717) is 0 Å².